The zero-order valence-corrected chi connectivity index (χ0v) is 43.7. The van der Waals surface area contributed by atoms with Crippen molar-refractivity contribution >= 4 is 19.6 Å². The number of hydrazine groups is 1. The average molecular weight is 1210 g/mol. The van der Waals surface area contributed by atoms with Crippen LogP contribution >= 0.6 is 7.82 Å². The van der Waals surface area contributed by atoms with Gasteiger partial charge in [-0.2, -0.15) is 0 Å². The maximum atomic E-state index is 12.7. The molecule has 472 valence electrons. The van der Waals surface area contributed by atoms with Crippen molar-refractivity contribution in [2.45, 2.75) is 198 Å². The van der Waals surface area contributed by atoms with Crippen LogP contribution in [0.15, 0.2) is 0 Å². The van der Waals surface area contributed by atoms with Gasteiger partial charge in [0.1, 0.15) is 154 Å². The first-order valence-corrected chi connectivity index (χ1v) is 26.5. The second-order valence-corrected chi connectivity index (χ2v) is 20.6. The second kappa shape index (κ2) is 30.0. The van der Waals surface area contributed by atoms with Crippen molar-refractivity contribution in [2.24, 2.45) is 0 Å². The SMILES string of the molecule is CCC1O[C@@H](OC2[C@@H](OCC3O[C@H](OCC4O[C@@H](OCC(=O)NNC(=O)COC)C(O)[C@@H](O[C@@H]5OC(CO)[C@@H](O)[C@H](O)C5O[C@H]5OC(COP(=O)([O-])[O-])[C@@H](O)[C@H](O)C5O)[C@@H]4O)C(O)[C@@H](O)[C@@H]3O)OC(CO)[C@@H](O)[C@@H]2O)C(O)[C@@H](O)[C@@H]1O. The van der Waals surface area contributed by atoms with Crippen LogP contribution in [0.5, 0.6) is 0 Å². The molecule has 0 saturated carbocycles. The molecular formula is C42H71N2O36P-2. The van der Waals surface area contributed by atoms with Crippen molar-refractivity contribution < 1.29 is 177 Å². The number of hydrogen-bond acceptors (Lipinski definition) is 36. The average Bonchev–Trinajstić information content (AvgIpc) is 3.57. The summed E-state index contributed by atoms with van der Waals surface area (Å²) in [6.45, 7) is -5.08. The van der Waals surface area contributed by atoms with E-state index in [0.29, 0.717) is 0 Å². The monoisotopic (exact) mass is 1210 g/mol. The van der Waals surface area contributed by atoms with Gasteiger partial charge in [-0.25, -0.2) is 0 Å². The van der Waals surface area contributed by atoms with Crippen molar-refractivity contribution in [3.05, 3.63) is 0 Å². The lowest BCUT2D eigenvalue weighted by Gasteiger charge is -2.49. The van der Waals surface area contributed by atoms with Crippen LogP contribution in [0.1, 0.15) is 13.3 Å². The van der Waals surface area contributed by atoms with Gasteiger partial charge >= 0.3 is 0 Å². The molecule has 6 aliphatic rings. The first-order chi connectivity index (χ1) is 38.2. The lowest BCUT2D eigenvalue weighted by Crippen LogP contribution is -2.67. The highest BCUT2D eigenvalue weighted by Crippen LogP contribution is 2.36. The number of aliphatic hydroxyl groups excluding tert-OH is 17. The molecule has 39 heteroatoms. The highest BCUT2D eigenvalue weighted by Gasteiger charge is 2.56. The molecule has 6 saturated heterocycles. The summed E-state index contributed by atoms with van der Waals surface area (Å²) in [6.07, 6.45) is -59.3. The molecule has 0 aliphatic carbocycles. The van der Waals surface area contributed by atoms with Gasteiger partial charge in [0.05, 0.1) is 47.0 Å². The quantitative estimate of drug-likeness (QED) is 0.0334. The molecule has 12 unspecified atom stereocenters. The van der Waals surface area contributed by atoms with Crippen LogP contribution in [0.2, 0.25) is 0 Å². The summed E-state index contributed by atoms with van der Waals surface area (Å²) in [5.74, 6) is -1.92. The molecule has 6 aliphatic heterocycles. The van der Waals surface area contributed by atoms with E-state index in [9.17, 15) is 111 Å². The Balaban J connectivity index is 1.21. The Labute approximate surface area is 457 Å². The summed E-state index contributed by atoms with van der Waals surface area (Å²) in [5, 5.41) is 183. The van der Waals surface area contributed by atoms with Crippen LogP contribution in [-0.2, 0) is 80.3 Å². The molecule has 0 aromatic rings. The molecule has 2 amide bonds. The maximum Gasteiger partial charge on any atom is 0.264 e. The third kappa shape index (κ3) is 16.5. The van der Waals surface area contributed by atoms with E-state index in [-0.39, 0.29) is 6.42 Å². The summed E-state index contributed by atoms with van der Waals surface area (Å²) in [4.78, 5) is 46.9. The number of methoxy groups -OCH3 is 1. The lowest BCUT2D eigenvalue weighted by atomic mass is 9.96. The molecule has 0 radical (unpaired) electrons. The highest BCUT2D eigenvalue weighted by atomic mass is 31.2. The number of nitrogens with one attached hydrogen (secondary N) is 2. The van der Waals surface area contributed by atoms with Gasteiger partial charge in [-0.1, -0.05) is 6.92 Å². The minimum absolute atomic E-state index is 0.105. The van der Waals surface area contributed by atoms with Crippen molar-refractivity contribution in [1.82, 2.24) is 10.9 Å². The minimum atomic E-state index is -5.73. The van der Waals surface area contributed by atoms with Crippen molar-refractivity contribution in [2.75, 3.05) is 53.4 Å². The fourth-order valence-corrected chi connectivity index (χ4v) is 9.55. The molecule has 0 aromatic carbocycles. The Bertz CT molecular complexity index is 2000. The Hall–Kier alpha value is -2.15. The van der Waals surface area contributed by atoms with E-state index in [1.165, 1.54) is 7.11 Å². The highest BCUT2D eigenvalue weighted by molar-refractivity contribution is 7.43. The molecule has 6 heterocycles. The Morgan fingerprint density at radius 2 is 0.790 bits per heavy atom. The number of hydrogen-bond donors (Lipinski definition) is 19. The molecule has 6 rings (SSSR count). The maximum absolute atomic E-state index is 12.7. The van der Waals surface area contributed by atoms with Gasteiger partial charge in [-0.15, -0.1) is 0 Å². The molecule has 0 bridgehead atoms. The molecule has 30 atom stereocenters. The fraction of sp³-hybridized carbons (Fsp3) is 0.952. The molecule has 19 N–H and O–H groups in total. The van der Waals surface area contributed by atoms with Gasteiger partial charge in [0.15, 0.2) is 37.7 Å². The Morgan fingerprint density at radius 3 is 1.28 bits per heavy atom. The first-order valence-electron chi connectivity index (χ1n) is 25.1. The normalized spacial score (nSPS) is 46.2. The van der Waals surface area contributed by atoms with Crippen LogP contribution in [0, 0.1) is 0 Å². The van der Waals surface area contributed by atoms with E-state index >= 15 is 0 Å². The van der Waals surface area contributed by atoms with Crippen LogP contribution in [0.3, 0.4) is 0 Å². The first kappa shape index (κ1) is 68.0. The molecule has 0 aromatic heterocycles. The third-order valence-electron chi connectivity index (χ3n) is 13.8. The van der Waals surface area contributed by atoms with Gasteiger partial charge in [-0.05, 0) is 6.42 Å². The molecule has 0 spiro atoms. The number of rotatable bonds is 23. The van der Waals surface area contributed by atoms with Crippen LogP contribution in [0.25, 0.3) is 0 Å². The molecule has 6 fully saturated rings. The van der Waals surface area contributed by atoms with Crippen molar-refractivity contribution in [3.63, 3.8) is 0 Å². The van der Waals surface area contributed by atoms with E-state index in [2.05, 4.69) is 9.26 Å². The number of carbonyl (C=O) groups excluding carboxylic acids is 2. The van der Waals surface area contributed by atoms with E-state index in [1.54, 1.807) is 6.92 Å². The fourth-order valence-electron chi connectivity index (χ4n) is 9.22. The van der Waals surface area contributed by atoms with E-state index in [0.717, 1.165) is 0 Å². The largest absolute Gasteiger partial charge is 0.790 e. The van der Waals surface area contributed by atoms with E-state index in [1.807, 2.05) is 10.9 Å². The summed E-state index contributed by atoms with van der Waals surface area (Å²) >= 11 is 0. The Kier molecular flexibility index (Phi) is 25.2. The summed E-state index contributed by atoms with van der Waals surface area (Å²) in [5.41, 5.74) is 3.95. The third-order valence-corrected chi connectivity index (χ3v) is 14.3. The summed E-state index contributed by atoms with van der Waals surface area (Å²) < 4.78 is 87.7. The van der Waals surface area contributed by atoms with Gasteiger partial charge in [0.25, 0.3) is 11.8 Å². The number of phosphoric acid groups is 1. The summed E-state index contributed by atoms with van der Waals surface area (Å²) in [7, 11) is -4.55. The van der Waals surface area contributed by atoms with E-state index < -0.39 is 250 Å². The number of carbonyl (C=O) groups is 2. The predicted molar refractivity (Wildman–Crippen MR) is 241 cm³/mol. The number of amides is 2. The van der Waals surface area contributed by atoms with Crippen LogP contribution in [-0.4, -0.2) is 336 Å². The van der Waals surface area contributed by atoms with Crippen LogP contribution < -0.4 is 20.6 Å². The van der Waals surface area contributed by atoms with Gasteiger partial charge < -0.3 is 167 Å². The van der Waals surface area contributed by atoms with Crippen molar-refractivity contribution in [3.8, 4) is 0 Å². The van der Waals surface area contributed by atoms with Crippen molar-refractivity contribution in [1.29, 1.82) is 0 Å². The number of ether oxygens (including phenoxy) is 13. The number of aliphatic hydroxyl groups is 17. The molecule has 81 heavy (non-hydrogen) atoms. The molecule has 38 nitrogen and oxygen atoms in total. The predicted octanol–water partition coefficient (Wildman–Crippen LogP) is -15.0. The Morgan fingerprint density at radius 1 is 0.420 bits per heavy atom. The lowest BCUT2D eigenvalue weighted by molar-refractivity contribution is -0.391. The standard InChI is InChI=1S/C42H73N2O36P/c1-3-11-19(49)25(55)31(61)39(72-11)79-35-28(58)20(50)12(4-45)73-41(35)69-6-14-22(52)26(56)30(60)37(75-14)68-7-15-24(54)34(33(63)38(76-15)70-10-18(48)44-43-17(47)9-67-2)78-42-36(29(59)21(51)13(5-46)74-42)80-40-32(62)27(57)23(53)16(77-40)8-71-81(64,65)66/h11-16,19-42,45-46,49-63H,3-10H2,1-2H3,(H,43,47)(H,44,48)(H2,64,65,66)/p-2/t11?,12?,13?,14?,15?,16?,19-,20-,21-,22-,23-,24-,25+,26+,27+,28+,29+,30?,31?,32?,33?,34+,35?,36?,37+,38-,39+,40-,41+,42+/m1/s1. The van der Waals surface area contributed by atoms with Gasteiger partial charge in [0.2, 0.25) is 0 Å². The van der Waals surface area contributed by atoms with Gasteiger partial charge in [0, 0.05) is 7.11 Å². The van der Waals surface area contributed by atoms with Crippen LogP contribution in [0.4, 0.5) is 0 Å². The number of phosphoric ester groups is 1. The zero-order valence-electron chi connectivity index (χ0n) is 42.8. The van der Waals surface area contributed by atoms with Gasteiger partial charge in [-0.3, -0.25) is 20.4 Å². The second-order valence-electron chi connectivity index (χ2n) is 19.4. The van der Waals surface area contributed by atoms with E-state index in [4.69, 9.17) is 56.8 Å². The molecular weight excluding hydrogens is 1140 g/mol. The summed E-state index contributed by atoms with van der Waals surface area (Å²) in [6, 6.07) is 0. The zero-order chi connectivity index (χ0) is 59.9. The smallest absolute Gasteiger partial charge is 0.264 e. The minimum Gasteiger partial charge on any atom is -0.790 e. The topological polar surface area (TPSA) is 595 Å².